The Hall–Kier alpha value is -2.20. The van der Waals surface area contributed by atoms with Gasteiger partial charge in [-0.15, -0.1) is 0 Å². The first-order valence-corrected chi connectivity index (χ1v) is 6.42. The second kappa shape index (κ2) is 5.84. The molecule has 2 aromatic rings. The Labute approximate surface area is 121 Å². The minimum atomic E-state index is -0.446. The summed E-state index contributed by atoms with van der Waals surface area (Å²) in [6.45, 7) is 3.69. The van der Waals surface area contributed by atoms with Gasteiger partial charge in [0.15, 0.2) is 0 Å². The van der Waals surface area contributed by atoms with Crippen LogP contribution in [0.15, 0.2) is 47.5 Å². The van der Waals surface area contributed by atoms with Crippen LogP contribution in [0.4, 0.5) is 11.4 Å². The smallest absolute Gasteiger partial charge is 0.258 e. The molecule has 5 heteroatoms. The van der Waals surface area contributed by atoms with Crippen LogP contribution in [-0.4, -0.2) is 10.1 Å². The molecule has 0 aromatic heterocycles. The monoisotopic (exact) mass is 288 g/mol. The van der Waals surface area contributed by atoms with Crippen molar-refractivity contribution in [3.05, 3.63) is 69.3 Å². The largest absolute Gasteiger partial charge is 0.279 e. The third kappa shape index (κ3) is 2.86. The number of hydrogen-bond donors (Lipinski definition) is 0. The number of rotatable bonds is 3. The summed E-state index contributed by atoms with van der Waals surface area (Å²) in [5, 5.41) is 11.2. The van der Waals surface area contributed by atoms with E-state index in [4.69, 9.17) is 11.6 Å². The van der Waals surface area contributed by atoms with Crippen molar-refractivity contribution in [2.24, 2.45) is 4.99 Å². The predicted molar refractivity (Wildman–Crippen MR) is 81.1 cm³/mol. The Kier molecular flexibility index (Phi) is 4.15. The fraction of sp³-hybridized carbons (Fsp3) is 0.133. The highest BCUT2D eigenvalue weighted by Crippen LogP contribution is 2.27. The Morgan fingerprint density at radius 3 is 2.40 bits per heavy atom. The van der Waals surface area contributed by atoms with Gasteiger partial charge in [-0.1, -0.05) is 41.9 Å². The maximum Gasteiger partial charge on any atom is 0.279 e. The van der Waals surface area contributed by atoms with Gasteiger partial charge in [-0.05, 0) is 31.0 Å². The molecule has 0 aliphatic heterocycles. The van der Waals surface area contributed by atoms with Gasteiger partial charge in [0.05, 0.1) is 16.2 Å². The molecule has 20 heavy (non-hydrogen) atoms. The molecule has 4 nitrogen and oxygen atoms in total. The van der Waals surface area contributed by atoms with E-state index >= 15 is 0 Å². The van der Waals surface area contributed by atoms with Gasteiger partial charge in [-0.3, -0.25) is 10.1 Å². The van der Waals surface area contributed by atoms with E-state index in [-0.39, 0.29) is 10.9 Å². The van der Waals surface area contributed by atoms with Crippen molar-refractivity contribution < 1.29 is 4.92 Å². The Balaban J connectivity index is 2.57. The summed E-state index contributed by atoms with van der Waals surface area (Å²) in [5.74, 6) is 0. The molecule has 0 aliphatic rings. The topological polar surface area (TPSA) is 55.5 Å². The number of halogens is 1. The Morgan fingerprint density at radius 2 is 1.75 bits per heavy atom. The molecule has 102 valence electrons. The van der Waals surface area contributed by atoms with Crippen LogP contribution in [0.3, 0.4) is 0 Å². The molecular weight excluding hydrogens is 276 g/mol. The number of aliphatic imine (C=N–C) groups is 1. The van der Waals surface area contributed by atoms with Crippen LogP contribution in [0.25, 0.3) is 0 Å². The molecule has 0 aliphatic carbocycles. The van der Waals surface area contributed by atoms with Gasteiger partial charge in [0, 0.05) is 6.07 Å². The van der Waals surface area contributed by atoms with Crippen LogP contribution < -0.4 is 0 Å². The van der Waals surface area contributed by atoms with Gasteiger partial charge in [-0.2, -0.15) is 0 Å². The summed E-state index contributed by atoms with van der Waals surface area (Å²) < 4.78 is 0. The molecule has 2 aromatic carbocycles. The van der Waals surface area contributed by atoms with E-state index in [1.807, 2.05) is 31.2 Å². The third-order valence-electron chi connectivity index (χ3n) is 2.99. The molecule has 0 radical (unpaired) electrons. The zero-order valence-corrected chi connectivity index (χ0v) is 11.9. The first-order valence-electron chi connectivity index (χ1n) is 6.05. The first kappa shape index (κ1) is 14.2. The maximum atomic E-state index is 11.1. The van der Waals surface area contributed by atoms with Gasteiger partial charge < -0.3 is 0 Å². The molecule has 0 N–H and O–H groups in total. The Morgan fingerprint density at radius 1 is 1.10 bits per heavy atom. The minimum absolute atomic E-state index is 0.0349. The minimum Gasteiger partial charge on any atom is -0.258 e. The van der Waals surface area contributed by atoms with Crippen molar-refractivity contribution in [3.63, 3.8) is 0 Å². The SMILES string of the molecule is Cc1ccccc1N=C(Cl)c1c(C)cccc1[N+](=O)[O-]. The number of nitro benzene ring substituents is 1. The van der Waals surface area contributed by atoms with Crippen molar-refractivity contribution in [2.45, 2.75) is 13.8 Å². The van der Waals surface area contributed by atoms with E-state index in [2.05, 4.69) is 4.99 Å². The van der Waals surface area contributed by atoms with E-state index in [0.29, 0.717) is 11.3 Å². The van der Waals surface area contributed by atoms with Gasteiger partial charge in [0.1, 0.15) is 5.17 Å². The van der Waals surface area contributed by atoms with E-state index < -0.39 is 4.92 Å². The normalized spacial score (nSPS) is 11.4. The summed E-state index contributed by atoms with van der Waals surface area (Å²) in [4.78, 5) is 15.0. The molecule has 0 atom stereocenters. The van der Waals surface area contributed by atoms with Crippen LogP contribution in [0.1, 0.15) is 16.7 Å². The summed E-state index contributed by atoms with van der Waals surface area (Å²) in [7, 11) is 0. The van der Waals surface area contributed by atoms with Gasteiger partial charge in [-0.25, -0.2) is 4.99 Å². The van der Waals surface area contributed by atoms with Crippen molar-refractivity contribution in [1.82, 2.24) is 0 Å². The molecule has 0 saturated carbocycles. The first-order chi connectivity index (χ1) is 9.50. The van der Waals surface area contributed by atoms with Crippen LogP contribution in [0, 0.1) is 24.0 Å². The summed E-state index contributed by atoms with van der Waals surface area (Å²) in [6, 6.07) is 12.3. The van der Waals surface area contributed by atoms with E-state index in [1.165, 1.54) is 6.07 Å². The maximum absolute atomic E-state index is 11.1. The Bertz CT molecular complexity index is 696. The molecule has 2 rings (SSSR count). The summed E-state index contributed by atoms with van der Waals surface area (Å²) in [6.07, 6.45) is 0. The fourth-order valence-corrected chi connectivity index (χ4v) is 2.26. The molecule has 0 saturated heterocycles. The second-order valence-corrected chi connectivity index (χ2v) is 4.77. The quantitative estimate of drug-likeness (QED) is 0.473. The third-order valence-corrected chi connectivity index (χ3v) is 3.26. The van der Waals surface area contributed by atoms with Crippen molar-refractivity contribution in [1.29, 1.82) is 0 Å². The molecule has 0 fully saturated rings. The highest BCUT2D eigenvalue weighted by atomic mass is 35.5. The zero-order chi connectivity index (χ0) is 14.7. The van der Waals surface area contributed by atoms with Crippen molar-refractivity contribution in [2.75, 3.05) is 0 Å². The average Bonchev–Trinajstić information content (AvgIpc) is 2.40. The van der Waals surface area contributed by atoms with Crippen LogP contribution in [0.2, 0.25) is 0 Å². The number of hydrogen-bond acceptors (Lipinski definition) is 3. The van der Waals surface area contributed by atoms with Crippen LogP contribution >= 0.6 is 11.6 Å². The molecule has 0 amide bonds. The fourth-order valence-electron chi connectivity index (χ4n) is 1.92. The van der Waals surface area contributed by atoms with E-state index in [9.17, 15) is 10.1 Å². The average molecular weight is 289 g/mol. The van der Waals surface area contributed by atoms with Crippen LogP contribution in [-0.2, 0) is 0 Å². The summed E-state index contributed by atoms with van der Waals surface area (Å²) in [5.41, 5.74) is 2.72. The number of benzene rings is 2. The molecule has 0 bridgehead atoms. The lowest BCUT2D eigenvalue weighted by Crippen LogP contribution is -2.02. The summed E-state index contributed by atoms with van der Waals surface area (Å²) >= 11 is 6.21. The number of nitro groups is 1. The highest BCUT2D eigenvalue weighted by molar-refractivity contribution is 6.70. The van der Waals surface area contributed by atoms with Gasteiger partial charge >= 0.3 is 0 Å². The number of para-hydroxylation sites is 1. The van der Waals surface area contributed by atoms with Crippen molar-refractivity contribution in [3.8, 4) is 0 Å². The van der Waals surface area contributed by atoms with Gasteiger partial charge in [0.25, 0.3) is 5.69 Å². The second-order valence-electron chi connectivity index (χ2n) is 4.42. The van der Waals surface area contributed by atoms with Gasteiger partial charge in [0.2, 0.25) is 0 Å². The lowest BCUT2D eigenvalue weighted by molar-refractivity contribution is -0.385. The number of aryl methyl sites for hydroxylation is 2. The van der Waals surface area contributed by atoms with Crippen LogP contribution in [0.5, 0.6) is 0 Å². The van der Waals surface area contributed by atoms with E-state index in [1.54, 1.807) is 19.1 Å². The zero-order valence-electron chi connectivity index (χ0n) is 11.1. The van der Waals surface area contributed by atoms with Crippen molar-refractivity contribution >= 4 is 28.1 Å². The highest BCUT2D eigenvalue weighted by Gasteiger charge is 2.19. The number of nitrogens with zero attached hydrogens (tertiary/aromatic N) is 2. The molecule has 0 spiro atoms. The predicted octanol–water partition coefficient (Wildman–Crippen LogP) is 4.53. The lowest BCUT2D eigenvalue weighted by Gasteiger charge is -2.06. The standard InChI is InChI=1S/C15H13ClN2O2/c1-10-6-3-4-8-12(10)17-15(16)14-11(2)7-5-9-13(14)18(19)20/h3-9H,1-2H3. The molecule has 0 unspecified atom stereocenters. The lowest BCUT2D eigenvalue weighted by atomic mass is 10.1. The molecular formula is C15H13ClN2O2. The van der Waals surface area contributed by atoms with E-state index in [0.717, 1.165) is 11.1 Å². The molecule has 0 heterocycles.